The molecule has 1 aliphatic heterocycles. The van der Waals surface area contributed by atoms with Gasteiger partial charge in [0.25, 0.3) is 0 Å². The lowest BCUT2D eigenvalue weighted by atomic mass is 10.1. The lowest BCUT2D eigenvalue weighted by Crippen LogP contribution is -2.26. The molecule has 0 bridgehead atoms. The van der Waals surface area contributed by atoms with Gasteiger partial charge in [0.15, 0.2) is 11.5 Å². The topological polar surface area (TPSA) is 81.8 Å². The predicted molar refractivity (Wildman–Crippen MR) is 48.8 cm³/mol. The molecule has 0 atom stereocenters. The molecule has 0 radical (unpaired) electrons. The summed E-state index contributed by atoms with van der Waals surface area (Å²) in [6, 6.07) is 0.918. The summed E-state index contributed by atoms with van der Waals surface area (Å²) in [5.74, 6) is -1.87. The maximum Gasteiger partial charge on any atom is 0.586 e. The summed E-state index contributed by atoms with van der Waals surface area (Å²) in [5.41, 5.74) is 5.19. The third kappa shape index (κ3) is 1.40. The SMILES string of the molecule is Cc1c(N)c(C(=O)O)cc2c1OC(F)(F)O2. The van der Waals surface area contributed by atoms with Gasteiger partial charge in [-0.2, -0.15) is 0 Å². The number of alkyl halides is 2. The molecule has 0 amide bonds. The van der Waals surface area contributed by atoms with Crippen molar-refractivity contribution in [2.45, 2.75) is 13.2 Å². The first-order valence-corrected chi connectivity index (χ1v) is 4.24. The predicted octanol–water partition coefficient (Wildman–Crippen LogP) is 1.60. The first kappa shape index (κ1) is 10.5. The van der Waals surface area contributed by atoms with E-state index < -0.39 is 12.3 Å². The highest BCUT2D eigenvalue weighted by Crippen LogP contribution is 2.46. The number of halogens is 2. The number of carboxylic acids is 1. The monoisotopic (exact) mass is 231 g/mol. The van der Waals surface area contributed by atoms with Crippen molar-refractivity contribution in [2.75, 3.05) is 5.73 Å². The second kappa shape index (κ2) is 2.97. The quantitative estimate of drug-likeness (QED) is 0.717. The van der Waals surface area contributed by atoms with Gasteiger partial charge in [0.1, 0.15) is 0 Å². The van der Waals surface area contributed by atoms with Gasteiger partial charge in [-0.25, -0.2) is 4.79 Å². The first-order chi connectivity index (χ1) is 7.32. The fraction of sp³-hybridized carbons (Fsp3) is 0.222. The maximum atomic E-state index is 12.7. The van der Waals surface area contributed by atoms with Crippen LogP contribution in [0.4, 0.5) is 14.5 Å². The number of ether oxygens (including phenoxy) is 2. The molecule has 16 heavy (non-hydrogen) atoms. The molecule has 1 heterocycles. The fourth-order valence-corrected chi connectivity index (χ4v) is 1.43. The Morgan fingerprint density at radius 2 is 2.12 bits per heavy atom. The number of nitrogens with two attached hydrogens (primary N) is 1. The van der Waals surface area contributed by atoms with Crippen LogP contribution in [0.3, 0.4) is 0 Å². The van der Waals surface area contributed by atoms with Crippen LogP contribution in [0.25, 0.3) is 0 Å². The largest absolute Gasteiger partial charge is 0.586 e. The van der Waals surface area contributed by atoms with E-state index in [1.807, 2.05) is 0 Å². The van der Waals surface area contributed by atoms with Crippen molar-refractivity contribution in [3.8, 4) is 11.5 Å². The van der Waals surface area contributed by atoms with Crippen LogP contribution >= 0.6 is 0 Å². The number of rotatable bonds is 1. The van der Waals surface area contributed by atoms with Gasteiger partial charge in [-0.15, -0.1) is 8.78 Å². The number of anilines is 1. The lowest BCUT2D eigenvalue weighted by molar-refractivity contribution is -0.286. The van der Waals surface area contributed by atoms with E-state index in [9.17, 15) is 13.6 Å². The van der Waals surface area contributed by atoms with Gasteiger partial charge in [0, 0.05) is 11.6 Å². The molecule has 3 N–H and O–H groups in total. The van der Waals surface area contributed by atoms with E-state index in [0.29, 0.717) is 0 Å². The van der Waals surface area contributed by atoms with E-state index in [1.54, 1.807) is 0 Å². The third-order valence-corrected chi connectivity index (χ3v) is 2.21. The van der Waals surface area contributed by atoms with Crippen LogP contribution in [0.2, 0.25) is 0 Å². The van der Waals surface area contributed by atoms with Crippen molar-refractivity contribution in [3.05, 3.63) is 17.2 Å². The highest BCUT2D eigenvalue weighted by Gasteiger charge is 2.45. The van der Waals surface area contributed by atoms with Crippen LogP contribution in [-0.4, -0.2) is 17.4 Å². The minimum Gasteiger partial charge on any atom is -0.478 e. The molecule has 0 fully saturated rings. The van der Waals surface area contributed by atoms with Crippen LogP contribution in [0.1, 0.15) is 15.9 Å². The van der Waals surface area contributed by atoms with Crippen LogP contribution < -0.4 is 15.2 Å². The second-order valence-corrected chi connectivity index (χ2v) is 3.26. The molecule has 7 heteroatoms. The molecule has 86 valence electrons. The Bertz CT molecular complexity index is 487. The molecular weight excluding hydrogens is 224 g/mol. The van der Waals surface area contributed by atoms with Gasteiger partial charge in [-0.05, 0) is 6.92 Å². The van der Waals surface area contributed by atoms with Crippen LogP contribution in [-0.2, 0) is 0 Å². The smallest absolute Gasteiger partial charge is 0.478 e. The summed E-state index contributed by atoms with van der Waals surface area (Å²) in [6.45, 7) is 1.38. The molecule has 1 aliphatic rings. The van der Waals surface area contributed by atoms with E-state index in [2.05, 4.69) is 9.47 Å². The molecule has 2 rings (SSSR count). The highest BCUT2D eigenvalue weighted by molar-refractivity contribution is 5.96. The molecule has 0 aliphatic carbocycles. The Balaban J connectivity index is 2.62. The molecule has 5 nitrogen and oxygen atoms in total. The minimum atomic E-state index is -3.78. The summed E-state index contributed by atoms with van der Waals surface area (Å²) in [6.07, 6.45) is -3.78. The van der Waals surface area contributed by atoms with Crippen molar-refractivity contribution in [3.63, 3.8) is 0 Å². The minimum absolute atomic E-state index is 0.118. The van der Waals surface area contributed by atoms with E-state index in [0.717, 1.165) is 6.07 Å². The maximum absolute atomic E-state index is 12.7. The average Bonchev–Trinajstić information content (AvgIpc) is 2.46. The summed E-state index contributed by atoms with van der Waals surface area (Å²) in [4.78, 5) is 10.8. The van der Waals surface area contributed by atoms with E-state index in [-0.39, 0.29) is 28.3 Å². The Morgan fingerprint density at radius 3 is 2.69 bits per heavy atom. The van der Waals surface area contributed by atoms with Gasteiger partial charge in [-0.1, -0.05) is 0 Å². The Hall–Kier alpha value is -2.05. The van der Waals surface area contributed by atoms with Gasteiger partial charge >= 0.3 is 12.3 Å². The number of hydrogen-bond donors (Lipinski definition) is 2. The molecule has 0 spiro atoms. The Morgan fingerprint density at radius 1 is 1.50 bits per heavy atom. The molecule has 0 aromatic heterocycles. The van der Waals surface area contributed by atoms with Gasteiger partial charge in [0.05, 0.1) is 11.3 Å². The van der Waals surface area contributed by atoms with Crippen molar-refractivity contribution in [1.82, 2.24) is 0 Å². The number of nitrogen functional groups attached to an aromatic ring is 1. The number of carbonyl (C=O) groups is 1. The molecule has 1 aromatic rings. The zero-order chi connectivity index (χ0) is 12.1. The van der Waals surface area contributed by atoms with E-state index in [4.69, 9.17) is 10.8 Å². The lowest BCUT2D eigenvalue weighted by Gasteiger charge is -2.07. The zero-order valence-electron chi connectivity index (χ0n) is 8.08. The Labute approximate surface area is 88.4 Å². The third-order valence-electron chi connectivity index (χ3n) is 2.21. The molecule has 0 unspecified atom stereocenters. The molecular formula is C9H7F2NO4. The van der Waals surface area contributed by atoms with Crippen LogP contribution in [0.5, 0.6) is 11.5 Å². The second-order valence-electron chi connectivity index (χ2n) is 3.26. The van der Waals surface area contributed by atoms with Gasteiger partial charge in [-0.3, -0.25) is 0 Å². The normalized spacial score (nSPS) is 16.2. The van der Waals surface area contributed by atoms with Gasteiger partial charge in [0.2, 0.25) is 0 Å². The Kier molecular flexibility index (Phi) is 1.94. The molecule has 0 saturated heterocycles. The molecule has 0 saturated carbocycles. The van der Waals surface area contributed by atoms with Crippen LogP contribution in [0, 0.1) is 6.92 Å². The van der Waals surface area contributed by atoms with Crippen molar-refractivity contribution >= 4 is 11.7 Å². The van der Waals surface area contributed by atoms with Crippen molar-refractivity contribution in [1.29, 1.82) is 0 Å². The van der Waals surface area contributed by atoms with Crippen molar-refractivity contribution < 1.29 is 28.2 Å². The summed E-state index contributed by atoms with van der Waals surface area (Å²) in [7, 11) is 0. The first-order valence-electron chi connectivity index (χ1n) is 4.24. The zero-order valence-corrected chi connectivity index (χ0v) is 8.08. The van der Waals surface area contributed by atoms with E-state index in [1.165, 1.54) is 6.92 Å². The standard InChI is InChI=1S/C9H7F2NO4/c1-3-6(12)4(8(13)14)2-5-7(3)16-9(10,11)15-5/h2H,12H2,1H3,(H,13,14). The number of aromatic carboxylic acids is 1. The number of hydrogen-bond acceptors (Lipinski definition) is 4. The highest BCUT2D eigenvalue weighted by atomic mass is 19.3. The summed E-state index contributed by atoms with van der Waals surface area (Å²) < 4.78 is 33.9. The summed E-state index contributed by atoms with van der Waals surface area (Å²) in [5, 5.41) is 8.79. The average molecular weight is 231 g/mol. The number of benzene rings is 1. The summed E-state index contributed by atoms with van der Waals surface area (Å²) >= 11 is 0. The van der Waals surface area contributed by atoms with E-state index >= 15 is 0 Å². The molecule has 1 aromatic carbocycles. The van der Waals surface area contributed by atoms with Crippen molar-refractivity contribution in [2.24, 2.45) is 0 Å². The number of carboxylic acid groups (broad SMARTS) is 1. The van der Waals surface area contributed by atoms with Gasteiger partial charge < -0.3 is 20.3 Å². The fourth-order valence-electron chi connectivity index (χ4n) is 1.43. The number of fused-ring (bicyclic) bond motifs is 1. The van der Waals surface area contributed by atoms with Crippen LogP contribution in [0.15, 0.2) is 6.07 Å².